The van der Waals surface area contributed by atoms with Crippen molar-refractivity contribution in [1.82, 2.24) is 10.2 Å². The van der Waals surface area contributed by atoms with Gasteiger partial charge in [0.1, 0.15) is 6.04 Å². The second-order valence-corrected chi connectivity index (χ2v) is 11.5. The predicted molar refractivity (Wildman–Crippen MR) is 157 cm³/mol. The highest BCUT2D eigenvalue weighted by Crippen LogP contribution is 2.36. The van der Waals surface area contributed by atoms with E-state index in [4.69, 9.17) is 4.74 Å². The normalized spacial score (nSPS) is 21.4. The van der Waals surface area contributed by atoms with Gasteiger partial charge in [0.2, 0.25) is 11.8 Å². The van der Waals surface area contributed by atoms with Gasteiger partial charge in [0.15, 0.2) is 0 Å². The number of nitrogens with one attached hydrogen (secondary N) is 1. The summed E-state index contributed by atoms with van der Waals surface area (Å²) < 4.78 is 6.18. The fourth-order valence-corrected chi connectivity index (χ4v) is 6.05. The topological polar surface area (TPSA) is 82.4 Å². The summed E-state index contributed by atoms with van der Waals surface area (Å²) in [5, 5.41) is 13.0. The van der Waals surface area contributed by atoms with Gasteiger partial charge in [-0.2, -0.15) is 5.26 Å². The van der Waals surface area contributed by atoms with E-state index in [1.54, 1.807) is 0 Å². The Kier molecular flexibility index (Phi) is 10.9. The van der Waals surface area contributed by atoms with Crippen molar-refractivity contribution >= 4 is 11.8 Å². The molecule has 1 aliphatic carbocycles. The van der Waals surface area contributed by atoms with Crippen LogP contribution in [0.5, 0.6) is 0 Å². The zero-order valence-corrected chi connectivity index (χ0v) is 23.9. The van der Waals surface area contributed by atoms with E-state index < -0.39 is 6.04 Å². The molecule has 40 heavy (non-hydrogen) atoms. The number of carbonyl (C=O) groups is 2. The monoisotopic (exact) mass is 541 g/mol. The van der Waals surface area contributed by atoms with E-state index in [0.29, 0.717) is 32.5 Å². The molecule has 1 saturated heterocycles. The summed E-state index contributed by atoms with van der Waals surface area (Å²) in [6.45, 7) is 6.22. The van der Waals surface area contributed by atoms with Crippen LogP contribution in [-0.2, 0) is 27.4 Å². The molecule has 6 nitrogen and oxygen atoms in total. The van der Waals surface area contributed by atoms with E-state index >= 15 is 0 Å². The van der Waals surface area contributed by atoms with Crippen molar-refractivity contribution in [3.05, 3.63) is 83.9 Å². The number of piperidine rings is 1. The Bertz CT molecular complexity index is 1150. The minimum Gasteiger partial charge on any atom is -0.374 e. The number of carbonyl (C=O) groups excluding carboxylic acids is 2. The molecule has 2 aromatic rings. The van der Waals surface area contributed by atoms with Crippen LogP contribution >= 0.6 is 0 Å². The maximum absolute atomic E-state index is 13.0. The summed E-state index contributed by atoms with van der Waals surface area (Å²) in [6.07, 6.45) is 8.45. The summed E-state index contributed by atoms with van der Waals surface area (Å²) in [5.41, 5.74) is 2.32. The molecule has 6 heteroatoms. The van der Waals surface area contributed by atoms with Crippen molar-refractivity contribution in [2.45, 2.75) is 71.1 Å². The van der Waals surface area contributed by atoms with E-state index in [9.17, 15) is 14.9 Å². The quantitative estimate of drug-likeness (QED) is 0.350. The maximum atomic E-state index is 13.0. The van der Waals surface area contributed by atoms with E-state index in [1.165, 1.54) is 5.56 Å². The van der Waals surface area contributed by atoms with Gasteiger partial charge >= 0.3 is 0 Å². The van der Waals surface area contributed by atoms with Crippen LogP contribution in [0, 0.1) is 35.0 Å². The predicted octanol–water partition coefficient (Wildman–Crippen LogP) is 5.69. The summed E-state index contributed by atoms with van der Waals surface area (Å²) >= 11 is 0. The Morgan fingerprint density at radius 2 is 1.68 bits per heavy atom. The summed E-state index contributed by atoms with van der Waals surface area (Å²) in [6, 6.07) is 22.1. The highest BCUT2D eigenvalue weighted by atomic mass is 16.5. The molecule has 1 aliphatic heterocycles. The van der Waals surface area contributed by atoms with Gasteiger partial charge in [0.05, 0.1) is 18.8 Å². The number of nitriles is 1. The number of aryl methyl sites for hydroxylation is 1. The number of allylic oxidation sites excluding steroid dienone is 2. The molecule has 0 radical (unpaired) electrons. The first-order chi connectivity index (χ1) is 19.4. The molecule has 0 aromatic heterocycles. The number of ether oxygens (including phenoxy) is 1. The molecule has 2 amide bonds. The fourth-order valence-electron chi connectivity index (χ4n) is 6.05. The molecule has 0 bridgehead atoms. The SMILES string of the molecule is C[C@H]([C@@H]1C=CCC1C(C#N)NC(=O)CC1CCN(C(=O)CCc2ccccc2)CC1)[C@@H](C)OCc1ccccc1. The zero-order valence-electron chi connectivity index (χ0n) is 23.9. The standard InChI is InChI=1S/C34H43N3O3/c1-25(26(2)40-24-29-12-7-4-8-13-29)30-14-9-15-31(30)32(23-35)36-33(38)22-28-18-20-37(21-19-28)34(39)17-16-27-10-5-3-6-11-27/h3-14,25-26,28,30-32H,15-22,24H2,1-2H3,(H,36,38)/t25-,26+,30-,31?,32?/m0/s1. The van der Waals surface area contributed by atoms with E-state index in [2.05, 4.69) is 61.7 Å². The lowest BCUT2D eigenvalue weighted by atomic mass is 9.78. The van der Waals surface area contributed by atoms with Crippen LogP contribution in [0.4, 0.5) is 0 Å². The Hall–Kier alpha value is -3.43. The average Bonchev–Trinajstić information content (AvgIpc) is 3.48. The van der Waals surface area contributed by atoms with Crippen molar-refractivity contribution in [2.24, 2.45) is 23.7 Å². The average molecular weight is 542 g/mol. The third kappa shape index (κ3) is 8.29. The number of hydrogen-bond donors (Lipinski definition) is 1. The lowest BCUT2D eigenvalue weighted by molar-refractivity contribution is -0.132. The van der Waals surface area contributed by atoms with Crippen LogP contribution in [0.3, 0.4) is 0 Å². The van der Waals surface area contributed by atoms with Crippen molar-refractivity contribution < 1.29 is 14.3 Å². The number of amides is 2. The van der Waals surface area contributed by atoms with Crippen molar-refractivity contribution in [3.63, 3.8) is 0 Å². The molecule has 1 heterocycles. The van der Waals surface area contributed by atoms with Crippen LogP contribution in [0.15, 0.2) is 72.8 Å². The Balaban J connectivity index is 1.20. The molecule has 2 unspecified atom stereocenters. The Morgan fingerprint density at radius 1 is 1.02 bits per heavy atom. The maximum Gasteiger partial charge on any atom is 0.222 e. The minimum absolute atomic E-state index is 0.0195. The molecule has 2 aliphatic rings. The van der Waals surface area contributed by atoms with Gasteiger partial charge < -0.3 is 15.0 Å². The van der Waals surface area contributed by atoms with Crippen LogP contribution in [-0.4, -0.2) is 41.9 Å². The molecule has 1 N–H and O–H groups in total. The lowest BCUT2D eigenvalue weighted by Gasteiger charge is -2.33. The van der Waals surface area contributed by atoms with Crippen molar-refractivity contribution in [2.75, 3.05) is 13.1 Å². The van der Waals surface area contributed by atoms with Gasteiger partial charge in [-0.05, 0) is 61.5 Å². The molecule has 0 saturated carbocycles. The van der Waals surface area contributed by atoms with Gasteiger partial charge in [-0.1, -0.05) is 79.7 Å². The number of nitrogens with zero attached hydrogens (tertiary/aromatic N) is 2. The van der Waals surface area contributed by atoms with Gasteiger partial charge in [-0.3, -0.25) is 9.59 Å². The molecule has 0 spiro atoms. The van der Waals surface area contributed by atoms with E-state index in [-0.39, 0.29) is 41.6 Å². The number of benzene rings is 2. The summed E-state index contributed by atoms with van der Waals surface area (Å²) in [4.78, 5) is 27.6. The summed E-state index contributed by atoms with van der Waals surface area (Å²) in [5.74, 6) is 0.778. The van der Waals surface area contributed by atoms with E-state index in [0.717, 1.165) is 31.2 Å². The van der Waals surface area contributed by atoms with Crippen LogP contribution < -0.4 is 5.32 Å². The Labute approximate surface area is 239 Å². The van der Waals surface area contributed by atoms with E-state index in [1.807, 2.05) is 41.3 Å². The Morgan fingerprint density at radius 3 is 2.33 bits per heavy atom. The second kappa shape index (κ2) is 14.8. The van der Waals surface area contributed by atoms with Gasteiger partial charge in [0, 0.05) is 31.8 Å². The van der Waals surface area contributed by atoms with Crippen molar-refractivity contribution in [1.29, 1.82) is 5.26 Å². The number of hydrogen-bond acceptors (Lipinski definition) is 4. The minimum atomic E-state index is -0.532. The molecule has 4 rings (SSSR count). The summed E-state index contributed by atoms with van der Waals surface area (Å²) in [7, 11) is 0. The smallest absolute Gasteiger partial charge is 0.222 e. The van der Waals surface area contributed by atoms with Crippen molar-refractivity contribution in [3.8, 4) is 6.07 Å². The largest absolute Gasteiger partial charge is 0.374 e. The molecular formula is C34H43N3O3. The zero-order chi connectivity index (χ0) is 28.3. The van der Waals surface area contributed by atoms with Gasteiger partial charge in [0.25, 0.3) is 0 Å². The first-order valence-corrected chi connectivity index (χ1v) is 14.8. The van der Waals surface area contributed by atoms with Crippen LogP contribution in [0.2, 0.25) is 0 Å². The highest BCUT2D eigenvalue weighted by molar-refractivity contribution is 5.78. The highest BCUT2D eigenvalue weighted by Gasteiger charge is 2.37. The number of likely N-dealkylation sites (tertiary alicyclic amines) is 1. The second-order valence-electron chi connectivity index (χ2n) is 11.5. The third-order valence-electron chi connectivity index (χ3n) is 8.76. The molecule has 5 atom stereocenters. The molecule has 1 fully saturated rings. The first kappa shape index (κ1) is 29.6. The lowest BCUT2D eigenvalue weighted by Crippen LogP contribution is -2.44. The molecular weight excluding hydrogens is 498 g/mol. The first-order valence-electron chi connectivity index (χ1n) is 14.8. The fraction of sp³-hybridized carbons (Fsp3) is 0.500. The van der Waals surface area contributed by atoms with Crippen LogP contribution in [0.25, 0.3) is 0 Å². The van der Waals surface area contributed by atoms with Gasteiger partial charge in [-0.25, -0.2) is 0 Å². The molecule has 2 aromatic carbocycles. The van der Waals surface area contributed by atoms with Gasteiger partial charge in [-0.15, -0.1) is 0 Å². The number of rotatable bonds is 12. The third-order valence-corrected chi connectivity index (χ3v) is 8.76. The molecule has 212 valence electrons. The van der Waals surface area contributed by atoms with Crippen LogP contribution in [0.1, 0.15) is 57.1 Å².